The van der Waals surface area contributed by atoms with Crippen LogP contribution in [-0.2, 0) is 4.79 Å². The maximum Gasteiger partial charge on any atom is 0.267 e. The van der Waals surface area contributed by atoms with Crippen LogP contribution in [0.5, 0.6) is 11.5 Å². The van der Waals surface area contributed by atoms with Gasteiger partial charge in [0.15, 0.2) is 0 Å². The minimum absolute atomic E-state index is 0.0793. The van der Waals surface area contributed by atoms with Crippen LogP contribution >= 0.6 is 11.8 Å². The second kappa shape index (κ2) is 10.8. The maximum atomic E-state index is 12.7. The lowest BCUT2D eigenvalue weighted by Crippen LogP contribution is -2.15. The molecule has 6 nitrogen and oxygen atoms in total. The number of amides is 1. The highest BCUT2D eigenvalue weighted by Gasteiger charge is 2.14. The number of nitriles is 1. The van der Waals surface area contributed by atoms with Crippen LogP contribution in [0.2, 0.25) is 0 Å². The van der Waals surface area contributed by atoms with Crippen LogP contribution in [0.1, 0.15) is 0 Å². The quantitative estimate of drug-likeness (QED) is 0.371. The minimum Gasteiger partial charge on any atom is -0.497 e. The molecule has 7 heteroatoms. The van der Waals surface area contributed by atoms with E-state index in [1.807, 2.05) is 60.7 Å². The average Bonchev–Trinajstić information content (AvgIpc) is 2.81. The fourth-order valence-corrected chi connectivity index (χ4v) is 3.62. The summed E-state index contributed by atoms with van der Waals surface area (Å²) in [7, 11) is 3.03. The summed E-state index contributed by atoms with van der Waals surface area (Å²) < 4.78 is 10.5. The SMILES string of the molecule is COc1ccc(OC)c(NC(=O)/C(C#N)=C\Nc2ccccc2Sc2ccccc2)c1. The van der Waals surface area contributed by atoms with Gasteiger partial charge in [0.25, 0.3) is 5.91 Å². The van der Waals surface area contributed by atoms with Crippen LogP contribution < -0.4 is 20.1 Å². The predicted molar refractivity (Wildman–Crippen MR) is 123 cm³/mol. The number of anilines is 2. The van der Waals surface area contributed by atoms with Crippen LogP contribution in [0.25, 0.3) is 0 Å². The smallest absolute Gasteiger partial charge is 0.267 e. The van der Waals surface area contributed by atoms with E-state index < -0.39 is 5.91 Å². The molecule has 0 spiro atoms. The number of para-hydroxylation sites is 1. The highest BCUT2D eigenvalue weighted by molar-refractivity contribution is 7.99. The van der Waals surface area contributed by atoms with Crippen molar-refractivity contribution in [1.29, 1.82) is 5.26 Å². The van der Waals surface area contributed by atoms with E-state index in [1.54, 1.807) is 30.0 Å². The van der Waals surface area contributed by atoms with E-state index in [4.69, 9.17) is 9.47 Å². The Bertz CT molecular complexity index is 1120. The highest BCUT2D eigenvalue weighted by atomic mass is 32.2. The van der Waals surface area contributed by atoms with E-state index in [9.17, 15) is 10.1 Å². The second-order valence-corrected chi connectivity index (χ2v) is 7.36. The number of hydrogen-bond acceptors (Lipinski definition) is 6. The number of methoxy groups -OCH3 is 2. The third-order valence-corrected chi connectivity index (χ3v) is 5.33. The van der Waals surface area contributed by atoms with Crippen LogP contribution in [0.3, 0.4) is 0 Å². The topological polar surface area (TPSA) is 83.4 Å². The largest absolute Gasteiger partial charge is 0.497 e. The molecule has 3 aromatic carbocycles. The van der Waals surface area contributed by atoms with Gasteiger partial charge in [-0.25, -0.2) is 0 Å². The third-order valence-electron chi connectivity index (χ3n) is 4.25. The molecule has 0 fully saturated rings. The lowest BCUT2D eigenvalue weighted by molar-refractivity contribution is -0.112. The van der Waals surface area contributed by atoms with Gasteiger partial charge in [-0.2, -0.15) is 5.26 Å². The molecule has 0 aliphatic rings. The van der Waals surface area contributed by atoms with E-state index in [-0.39, 0.29) is 5.57 Å². The Balaban J connectivity index is 1.77. The molecule has 0 radical (unpaired) electrons. The summed E-state index contributed by atoms with van der Waals surface area (Å²) in [6.45, 7) is 0. The number of nitrogens with zero attached hydrogens (tertiary/aromatic N) is 1. The van der Waals surface area contributed by atoms with Gasteiger partial charge in [-0.1, -0.05) is 42.1 Å². The summed E-state index contributed by atoms with van der Waals surface area (Å²) in [6.07, 6.45) is 1.40. The average molecular weight is 432 g/mol. The lowest BCUT2D eigenvalue weighted by Gasteiger charge is -2.12. The maximum absolute atomic E-state index is 12.7. The lowest BCUT2D eigenvalue weighted by atomic mass is 10.2. The standard InChI is InChI=1S/C24H21N3O3S/c1-29-18-12-13-22(30-2)21(14-18)27-24(28)17(15-25)16-26-20-10-6-7-11-23(20)31-19-8-4-3-5-9-19/h3-14,16,26H,1-2H3,(H,27,28)/b17-16-. The fourth-order valence-electron chi connectivity index (χ4n) is 2.69. The number of benzene rings is 3. The van der Waals surface area contributed by atoms with Gasteiger partial charge in [0, 0.05) is 22.1 Å². The molecule has 0 aromatic heterocycles. The molecule has 0 aliphatic carbocycles. The minimum atomic E-state index is -0.560. The number of rotatable bonds is 8. The molecule has 0 saturated heterocycles. The number of ether oxygens (including phenoxy) is 2. The Morgan fingerprint density at radius 1 is 0.968 bits per heavy atom. The molecular weight excluding hydrogens is 410 g/mol. The summed E-state index contributed by atoms with van der Waals surface area (Å²) in [5.74, 6) is 0.460. The first kappa shape index (κ1) is 21.8. The zero-order valence-electron chi connectivity index (χ0n) is 17.1. The van der Waals surface area contributed by atoms with E-state index in [2.05, 4.69) is 10.6 Å². The van der Waals surface area contributed by atoms with Crippen molar-refractivity contribution in [3.8, 4) is 17.6 Å². The summed E-state index contributed by atoms with van der Waals surface area (Å²) in [5, 5.41) is 15.3. The Labute approximate surface area is 185 Å². The van der Waals surface area contributed by atoms with Gasteiger partial charge in [0.2, 0.25) is 0 Å². The monoisotopic (exact) mass is 431 g/mol. The summed E-state index contributed by atoms with van der Waals surface area (Å²) in [4.78, 5) is 14.7. The normalized spacial score (nSPS) is 10.7. The van der Waals surface area contributed by atoms with Crippen molar-refractivity contribution >= 4 is 29.0 Å². The van der Waals surface area contributed by atoms with Crippen LogP contribution in [0.15, 0.2) is 94.4 Å². The van der Waals surface area contributed by atoms with Crippen molar-refractivity contribution in [2.75, 3.05) is 24.9 Å². The summed E-state index contributed by atoms with van der Waals surface area (Å²) in [5.41, 5.74) is 1.12. The molecule has 0 aliphatic heterocycles. The van der Waals surface area contributed by atoms with Gasteiger partial charge in [-0.3, -0.25) is 4.79 Å². The number of carbonyl (C=O) groups is 1. The predicted octanol–water partition coefficient (Wildman–Crippen LogP) is 5.31. The third kappa shape index (κ3) is 5.81. The van der Waals surface area contributed by atoms with Crippen molar-refractivity contribution in [2.45, 2.75) is 9.79 Å². The van der Waals surface area contributed by atoms with Gasteiger partial charge in [-0.05, 0) is 36.4 Å². The van der Waals surface area contributed by atoms with E-state index in [1.165, 1.54) is 20.4 Å². The number of hydrogen-bond donors (Lipinski definition) is 2. The molecule has 0 saturated carbocycles. The summed E-state index contributed by atoms with van der Waals surface area (Å²) >= 11 is 1.59. The molecule has 0 heterocycles. The van der Waals surface area contributed by atoms with Crippen molar-refractivity contribution in [1.82, 2.24) is 0 Å². The first-order valence-corrected chi connectivity index (χ1v) is 10.2. The van der Waals surface area contributed by atoms with Crippen LogP contribution in [-0.4, -0.2) is 20.1 Å². The first-order valence-electron chi connectivity index (χ1n) is 9.36. The van der Waals surface area contributed by atoms with Crippen LogP contribution in [0, 0.1) is 11.3 Å². The van der Waals surface area contributed by atoms with Crippen molar-refractivity contribution in [3.63, 3.8) is 0 Å². The molecule has 3 rings (SSSR count). The molecule has 1 amide bonds. The second-order valence-electron chi connectivity index (χ2n) is 6.25. The molecule has 0 atom stereocenters. The van der Waals surface area contributed by atoms with E-state index >= 15 is 0 Å². The van der Waals surface area contributed by atoms with Crippen molar-refractivity contribution in [2.24, 2.45) is 0 Å². The van der Waals surface area contributed by atoms with Gasteiger partial charge in [0.1, 0.15) is 23.1 Å². The molecule has 0 bridgehead atoms. The van der Waals surface area contributed by atoms with Crippen molar-refractivity contribution in [3.05, 3.63) is 84.6 Å². The molecule has 156 valence electrons. The zero-order chi connectivity index (χ0) is 22.1. The molecule has 2 N–H and O–H groups in total. The molecule has 31 heavy (non-hydrogen) atoms. The fraction of sp³-hybridized carbons (Fsp3) is 0.0833. The van der Waals surface area contributed by atoms with Crippen molar-refractivity contribution < 1.29 is 14.3 Å². The van der Waals surface area contributed by atoms with Gasteiger partial charge in [0.05, 0.1) is 25.6 Å². The van der Waals surface area contributed by atoms with Gasteiger partial charge >= 0.3 is 0 Å². The number of nitrogens with one attached hydrogen (secondary N) is 2. The van der Waals surface area contributed by atoms with E-state index in [0.29, 0.717) is 17.2 Å². The Morgan fingerprint density at radius 2 is 1.71 bits per heavy atom. The van der Waals surface area contributed by atoms with Gasteiger partial charge < -0.3 is 20.1 Å². The van der Waals surface area contributed by atoms with Crippen LogP contribution in [0.4, 0.5) is 11.4 Å². The summed E-state index contributed by atoms with van der Waals surface area (Å²) in [6, 6.07) is 24.6. The zero-order valence-corrected chi connectivity index (χ0v) is 17.9. The van der Waals surface area contributed by atoms with Gasteiger partial charge in [-0.15, -0.1) is 0 Å². The first-order chi connectivity index (χ1) is 15.1. The number of carbonyl (C=O) groups excluding carboxylic acids is 1. The molecule has 0 unspecified atom stereocenters. The highest BCUT2D eigenvalue weighted by Crippen LogP contribution is 2.33. The Kier molecular flexibility index (Phi) is 7.57. The Hall–Kier alpha value is -3.89. The van der Waals surface area contributed by atoms with E-state index in [0.717, 1.165) is 15.5 Å². The molecule has 3 aromatic rings. The Morgan fingerprint density at radius 3 is 2.42 bits per heavy atom. The molecular formula is C24H21N3O3S.